The van der Waals surface area contributed by atoms with Crippen LogP contribution in [0, 0.1) is 13.8 Å². The summed E-state index contributed by atoms with van der Waals surface area (Å²) in [6.07, 6.45) is 1.84. The molecule has 1 aromatic carbocycles. The number of imidazole rings is 1. The Morgan fingerprint density at radius 3 is 2.50 bits per heavy atom. The van der Waals surface area contributed by atoms with Crippen molar-refractivity contribution < 1.29 is 4.79 Å². The fraction of sp³-hybridized carbons (Fsp3) is 0.316. The van der Waals surface area contributed by atoms with Crippen LogP contribution in [0.2, 0.25) is 0 Å². The van der Waals surface area contributed by atoms with Gasteiger partial charge in [-0.25, -0.2) is 4.98 Å². The predicted octanol–water partition coefficient (Wildman–Crippen LogP) is 3.56. The quantitative estimate of drug-likeness (QED) is 0.699. The van der Waals surface area contributed by atoms with Crippen LogP contribution in [0.3, 0.4) is 0 Å². The number of thioether (sulfide) groups is 1. The highest BCUT2D eigenvalue weighted by Crippen LogP contribution is 2.28. The number of rotatable bonds is 5. The van der Waals surface area contributed by atoms with E-state index in [2.05, 4.69) is 27.5 Å². The summed E-state index contributed by atoms with van der Waals surface area (Å²) in [5, 5.41) is 7.87. The molecule has 0 aliphatic carbocycles. The van der Waals surface area contributed by atoms with Crippen LogP contribution in [0.25, 0.3) is 11.3 Å². The Kier molecular flexibility index (Phi) is 5.18. The molecule has 136 valence electrons. The van der Waals surface area contributed by atoms with Gasteiger partial charge in [-0.15, -0.1) is 0 Å². The van der Waals surface area contributed by atoms with Gasteiger partial charge in [-0.2, -0.15) is 5.10 Å². The summed E-state index contributed by atoms with van der Waals surface area (Å²) in [5.41, 5.74) is 4.68. The Balaban J connectivity index is 1.73. The third-order valence-corrected chi connectivity index (χ3v) is 5.58. The lowest BCUT2D eigenvalue weighted by Crippen LogP contribution is -2.23. The first kappa shape index (κ1) is 18.3. The van der Waals surface area contributed by atoms with Crippen molar-refractivity contribution in [2.24, 2.45) is 14.1 Å². The highest BCUT2D eigenvalue weighted by atomic mass is 32.2. The van der Waals surface area contributed by atoms with Gasteiger partial charge in [0, 0.05) is 14.1 Å². The van der Waals surface area contributed by atoms with E-state index in [0.717, 1.165) is 33.5 Å². The second-order valence-corrected chi connectivity index (χ2v) is 7.58. The van der Waals surface area contributed by atoms with E-state index in [1.807, 2.05) is 63.8 Å². The molecule has 3 aromatic rings. The number of aromatic nitrogens is 4. The van der Waals surface area contributed by atoms with Crippen LogP contribution in [-0.4, -0.2) is 30.5 Å². The van der Waals surface area contributed by atoms with E-state index in [1.54, 1.807) is 4.68 Å². The minimum atomic E-state index is -0.279. The third kappa shape index (κ3) is 3.53. The molecule has 1 amide bonds. The van der Waals surface area contributed by atoms with E-state index in [9.17, 15) is 4.79 Å². The second kappa shape index (κ2) is 7.37. The van der Waals surface area contributed by atoms with Crippen molar-refractivity contribution in [3.8, 4) is 11.3 Å². The summed E-state index contributed by atoms with van der Waals surface area (Å²) in [6, 6.07) is 10.1. The van der Waals surface area contributed by atoms with Crippen LogP contribution in [0.5, 0.6) is 0 Å². The van der Waals surface area contributed by atoms with Crippen molar-refractivity contribution in [1.29, 1.82) is 0 Å². The average Bonchev–Trinajstić information content (AvgIpc) is 3.10. The molecule has 26 heavy (non-hydrogen) atoms. The zero-order chi connectivity index (χ0) is 18.8. The minimum absolute atomic E-state index is 0.0570. The van der Waals surface area contributed by atoms with Gasteiger partial charge in [-0.3, -0.25) is 9.48 Å². The molecule has 1 atom stereocenters. The van der Waals surface area contributed by atoms with Gasteiger partial charge in [0.25, 0.3) is 0 Å². The van der Waals surface area contributed by atoms with Crippen LogP contribution >= 0.6 is 11.8 Å². The molecule has 2 heterocycles. The molecule has 7 heteroatoms. The lowest BCUT2D eigenvalue weighted by molar-refractivity contribution is -0.115. The first-order chi connectivity index (χ1) is 12.4. The van der Waals surface area contributed by atoms with Crippen LogP contribution in [0.15, 0.2) is 41.7 Å². The molecular weight excluding hydrogens is 346 g/mol. The highest BCUT2D eigenvalue weighted by molar-refractivity contribution is 8.00. The molecule has 0 aliphatic rings. The van der Waals surface area contributed by atoms with Crippen LogP contribution in [-0.2, 0) is 18.9 Å². The van der Waals surface area contributed by atoms with Gasteiger partial charge < -0.3 is 9.88 Å². The largest absolute Gasteiger partial charge is 0.322 e. The number of nitrogens with one attached hydrogen (secondary N) is 1. The zero-order valence-electron chi connectivity index (χ0n) is 15.6. The maximum atomic E-state index is 12.6. The molecule has 0 fully saturated rings. The fourth-order valence-electron chi connectivity index (χ4n) is 2.77. The van der Waals surface area contributed by atoms with Crippen molar-refractivity contribution in [1.82, 2.24) is 19.3 Å². The number of carbonyl (C=O) groups is 1. The number of hydrogen-bond acceptors (Lipinski definition) is 4. The molecule has 0 aliphatic heterocycles. The molecule has 0 saturated heterocycles. The van der Waals surface area contributed by atoms with Crippen molar-refractivity contribution in [3.63, 3.8) is 0 Å². The summed E-state index contributed by atoms with van der Waals surface area (Å²) in [7, 11) is 3.84. The molecule has 3 rings (SSSR count). The third-order valence-electron chi connectivity index (χ3n) is 4.42. The molecule has 0 spiro atoms. The number of nitrogens with zero attached hydrogens (tertiary/aromatic N) is 4. The standard InChI is InChI=1S/C19H23N5OS/c1-12-17(13(2)24(5)22-12)21-18(25)14(3)26-19-20-11-16(23(19)4)15-9-7-6-8-10-15/h6-11,14H,1-5H3,(H,21,25). The highest BCUT2D eigenvalue weighted by Gasteiger charge is 2.21. The first-order valence-corrected chi connectivity index (χ1v) is 9.31. The summed E-state index contributed by atoms with van der Waals surface area (Å²) < 4.78 is 3.79. The molecule has 1 N–H and O–H groups in total. The van der Waals surface area contributed by atoms with Gasteiger partial charge in [-0.05, 0) is 26.3 Å². The summed E-state index contributed by atoms with van der Waals surface area (Å²) in [4.78, 5) is 17.1. The first-order valence-electron chi connectivity index (χ1n) is 8.43. The smallest absolute Gasteiger partial charge is 0.237 e. The summed E-state index contributed by atoms with van der Waals surface area (Å²) in [6.45, 7) is 5.72. The lowest BCUT2D eigenvalue weighted by atomic mass is 10.2. The number of aryl methyl sites for hydroxylation is 2. The van der Waals surface area contributed by atoms with E-state index >= 15 is 0 Å². The van der Waals surface area contributed by atoms with Crippen LogP contribution < -0.4 is 5.32 Å². The Morgan fingerprint density at radius 2 is 1.88 bits per heavy atom. The molecule has 0 radical (unpaired) electrons. The topological polar surface area (TPSA) is 64.7 Å². The predicted molar refractivity (Wildman–Crippen MR) is 105 cm³/mol. The van der Waals surface area contributed by atoms with Gasteiger partial charge in [-0.1, -0.05) is 42.1 Å². The monoisotopic (exact) mass is 369 g/mol. The van der Waals surface area contributed by atoms with E-state index in [0.29, 0.717) is 0 Å². The zero-order valence-corrected chi connectivity index (χ0v) is 16.5. The summed E-state index contributed by atoms with van der Waals surface area (Å²) >= 11 is 1.44. The molecule has 2 aromatic heterocycles. The maximum absolute atomic E-state index is 12.6. The summed E-state index contributed by atoms with van der Waals surface area (Å²) in [5.74, 6) is -0.0570. The number of amides is 1. The van der Waals surface area contributed by atoms with E-state index in [-0.39, 0.29) is 11.2 Å². The fourth-order valence-corrected chi connectivity index (χ4v) is 3.62. The van der Waals surface area contributed by atoms with Gasteiger partial charge in [0.15, 0.2) is 5.16 Å². The number of benzene rings is 1. The van der Waals surface area contributed by atoms with Gasteiger partial charge in [0.05, 0.1) is 34.2 Å². The second-order valence-electron chi connectivity index (χ2n) is 6.27. The van der Waals surface area contributed by atoms with E-state index in [4.69, 9.17) is 0 Å². The normalized spacial score (nSPS) is 12.2. The molecular formula is C19H23N5OS. The van der Waals surface area contributed by atoms with Crippen molar-refractivity contribution in [2.45, 2.75) is 31.2 Å². The minimum Gasteiger partial charge on any atom is -0.322 e. The average molecular weight is 369 g/mol. The van der Waals surface area contributed by atoms with Gasteiger partial charge in [0.2, 0.25) is 5.91 Å². The Bertz CT molecular complexity index is 929. The van der Waals surface area contributed by atoms with E-state index in [1.165, 1.54) is 11.8 Å². The van der Waals surface area contributed by atoms with Crippen LogP contribution in [0.4, 0.5) is 5.69 Å². The van der Waals surface area contributed by atoms with Crippen molar-refractivity contribution >= 4 is 23.4 Å². The maximum Gasteiger partial charge on any atom is 0.237 e. The molecule has 0 saturated carbocycles. The number of anilines is 1. The molecule has 1 unspecified atom stereocenters. The molecule has 6 nitrogen and oxygen atoms in total. The molecule has 0 bridgehead atoms. The van der Waals surface area contributed by atoms with Crippen LogP contribution in [0.1, 0.15) is 18.3 Å². The van der Waals surface area contributed by atoms with Crippen molar-refractivity contribution in [2.75, 3.05) is 5.32 Å². The Labute approximate surface area is 157 Å². The lowest BCUT2D eigenvalue weighted by Gasteiger charge is -2.12. The SMILES string of the molecule is Cc1nn(C)c(C)c1NC(=O)C(C)Sc1ncc(-c2ccccc2)n1C. The Morgan fingerprint density at radius 1 is 1.19 bits per heavy atom. The van der Waals surface area contributed by atoms with Gasteiger partial charge >= 0.3 is 0 Å². The van der Waals surface area contributed by atoms with Gasteiger partial charge in [0.1, 0.15) is 0 Å². The Hall–Kier alpha value is -2.54. The number of hydrogen-bond donors (Lipinski definition) is 1. The van der Waals surface area contributed by atoms with Crippen molar-refractivity contribution in [3.05, 3.63) is 47.9 Å². The van der Waals surface area contributed by atoms with E-state index < -0.39 is 0 Å². The number of carbonyl (C=O) groups excluding carboxylic acids is 1.